The lowest BCUT2D eigenvalue weighted by Crippen LogP contribution is -2.63. The molecule has 0 aromatic heterocycles. The molecule has 0 bridgehead atoms. The molecule has 6 fully saturated rings. The Balaban J connectivity index is 1.30. The first kappa shape index (κ1) is 29.9. The molecule has 4 saturated carbocycles. The summed E-state index contributed by atoms with van der Waals surface area (Å²) in [6.45, 7) is 17.7. The predicted molar refractivity (Wildman–Crippen MR) is 158 cm³/mol. The number of fused-ring (bicyclic) bond motifs is 5. The van der Waals surface area contributed by atoms with E-state index in [1.807, 2.05) is 0 Å². The Morgan fingerprint density at radius 2 is 1.61 bits per heavy atom. The number of carbonyl (C=O) groups is 2. The molecule has 6 rings (SSSR count). The number of carbonyl (C=O) groups excluding carboxylic acids is 2. The van der Waals surface area contributed by atoms with Gasteiger partial charge in [-0.05, 0) is 93.8 Å². The molecule has 7 heteroatoms. The van der Waals surface area contributed by atoms with Crippen LogP contribution in [0.4, 0.5) is 0 Å². The molecule has 0 amide bonds. The van der Waals surface area contributed by atoms with Gasteiger partial charge in [0.15, 0.2) is 6.10 Å². The maximum Gasteiger partial charge on any atom is 0.303 e. The summed E-state index contributed by atoms with van der Waals surface area (Å²) in [5.74, 6) is 2.36. The molecule has 2 saturated heterocycles. The molecule has 0 radical (unpaired) electrons. The van der Waals surface area contributed by atoms with Crippen LogP contribution in [0.15, 0.2) is 0 Å². The van der Waals surface area contributed by atoms with Crippen molar-refractivity contribution in [1.82, 2.24) is 4.90 Å². The third-order valence-corrected chi connectivity index (χ3v) is 13.8. The summed E-state index contributed by atoms with van der Waals surface area (Å²) in [6, 6.07) is 0.716. The first-order valence-corrected chi connectivity index (χ1v) is 17.1. The van der Waals surface area contributed by atoms with E-state index in [-0.39, 0.29) is 41.0 Å². The predicted octanol–water partition coefficient (Wildman–Crippen LogP) is 5.20. The van der Waals surface area contributed by atoms with Crippen molar-refractivity contribution in [3.8, 4) is 0 Å². The van der Waals surface area contributed by atoms with Gasteiger partial charge in [0, 0.05) is 44.8 Å². The maximum atomic E-state index is 12.6. The summed E-state index contributed by atoms with van der Waals surface area (Å²) in [5, 5.41) is 0. The van der Waals surface area contributed by atoms with Crippen LogP contribution >= 0.6 is 0 Å². The average Bonchev–Trinajstić information content (AvgIpc) is 3.25. The second-order valence-corrected chi connectivity index (χ2v) is 15.4. The molecule has 0 spiro atoms. The second-order valence-electron chi connectivity index (χ2n) is 15.4. The Labute approximate surface area is 248 Å². The van der Waals surface area contributed by atoms with E-state index < -0.39 is 0 Å². The van der Waals surface area contributed by atoms with Gasteiger partial charge >= 0.3 is 11.9 Å². The van der Waals surface area contributed by atoms with E-state index in [9.17, 15) is 9.59 Å². The summed E-state index contributed by atoms with van der Waals surface area (Å²) in [7, 11) is 0. The first-order chi connectivity index (χ1) is 19.6. The summed E-state index contributed by atoms with van der Waals surface area (Å²) in [4.78, 5) is 27.3. The lowest BCUT2D eigenvalue weighted by Gasteiger charge is -2.62. The molecule has 0 aromatic carbocycles. The molecule has 2 aliphatic heterocycles. The van der Waals surface area contributed by atoms with Crippen molar-refractivity contribution >= 4 is 11.9 Å². The zero-order chi connectivity index (χ0) is 29.0. The number of hydrogen-bond donors (Lipinski definition) is 0. The van der Waals surface area contributed by atoms with Gasteiger partial charge in [0.05, 0.1) is 32.8 Å². The fraction of sp³-hybridized carbons (Fsp3) is 0.941. The number of ether oxygens (including phenoxy) is 3. The Morgan fingerprint density at radius 3 is 2.27 bits per heavy atom. The molecule has 2 heterocycles. The SMILES string of the molecule is CC[N+]1(C2C[C@H]3[C@@H]4CCC5CC(OC(C)=O)C(N6CCOCC6)C[C@]5(C)[C@@H]4CC[C@]3(C)C2OC(C)=O)CCCCC1. The van der Waals surface area contributed by atoms with Crippen LogP contribution in [0.3, 0.4) is 0 Å². The van der Waals surface area contributed by atoms with Crippen LogP contribution in [-0.2, 0) is 23.8 Å². The summed E-state index contributed by atoms with van der Waals surface area (Å²) >= 11 is 0. The highest BCUT2D eigenvalue weighted by atomic mass is 16.5. The van der Waals surface area contributed by atoms with Gasteiger partial charge in [0.1, 0.15) is 12.1 Å². The normalized spacial score (nSPS) is 46.1. The third-order valence-electron chi connectivity index (χ3n) is 13.8. The van der Waals surface area contributed by atoms with Gasteiger partial charge in [-0.15, -0.1) is 0 Å². The van der Waals surface area contributed by atoms with E-state index in [0.717, 1.165) is 56.6 Å². The highest BCUT2D eigenvalue weighted by Gasteiger charge is 2.67. The molecule has 41 heavy (non-hydrogen) atoms. The zero-order valence-corrected chi connectivity index (χ0v) is 26.6. The van der Waals surface area contributed by atoms with Crippen molar-refractivity contribution in [2.45, 2.75) is 123 Å². The first-order valence-electron chi connectivity index (χ1n) is 17.1. The second kappa shape index (κ2) is 11.4. The average molecular weight is 574 g/mol. The topological polar surface area (TPSA) is 65.1 Å². The van der Waals surface area contributed by atoms with Crippen LogP contribution in [0.5, 0.6) is 0 Å². The van der Waals surface area contributed by atoms with Crippen molar-refractivity contribution < 1.29 is 28.3 Å². The number of nitrogens with zero attached hydrogens (tertiary/aromatic N) is 2. The van der Waals surface area contributed by atoms with E-state index in [1.54, 1.807) is 13.8 Å². The van der Waals surface area contributed by atoms with E-state index >= 15 is 0 Å². The standard InChI is InChI=1S/C34H57N2O5/c1-6-36(16-8-7-9-17-36)30-21-28-26-11-10-25-20-31(40-23(2)37)29(35-14-18-39-19-15-35)22-34(25,5)27(26)12-13-33(28,4)32(30)41-24(3)38/h25-32H,6-22H2,1-5H3/q+1/t25?,26-,27-,28+,29?,30?,31?,32?,33+,34+/m1/s1. The Hall–Kier alpha value is -1.18. The van der Waals surface area contributed by atoms with E-state index in [1.165, 1.54) is 58.0 Å². The molecule has 5 unspecified atom stereocenters. The monoisotopic (exact) mass is 573 g/mol. The number of quaternary nitrogens is 1. The minimum atomic E-state index is -0.141. The van der Waals surface area contributed by atoms with Crippen LogP contribution < -0.4 is 0 Å². The van der Waals surface area contributed by atoms with Crippen LogP contribution in [0.1, 0.15) is 98.8 Å². The molecule has 4 aliphatic carbocycles. The van der Waals surface area contributed by atoms with Crippen molar-refractivity contribution in [2.75, 3.05) is 45.9 Å². The molecule has 6 aliphatic rings. The number of hydrogen-bond acceptors (Lipinski definition) is 6. The Morgan fingerprint density at radius 1 is 0.902 bits per heavy atom. The minimum Gasteiger partial charge on any atom is -0.461 e. The molecule has 0 N–H and O–H groups in total. The number of rotatable bonds is 5. The lowest BCUT2D eigenvalue weighted by atomic mass is 9.44. The molecule has 0 aromatic rings. The van der Waals surface area contributed by atoms with Crippen LogP contribution in [0.25, 0.3) is 0 Å². The van der Waals surface area contributed by atoms with Crippen molar-refractivity contribution in [3.63, 3.8) is 0 Å². The quantitative estimate of drug-likeness (QED) is 0.333. The number of piperidine rings is 1. The fourth-order valence-electron chi connectivity index (χ4n) is 11.8. The van der Waals surface area contributed by atoms with Gasteiger partial charge in [-0.3, -0.25) is 14.5 Å². The fourth-order valence-corrected chi connectivity index (χ4v) is 11.8. The highest BCUT2D eigenvalue weighted by molar-refractivity contribution is 5.66. The number of morpholine rings is 1. The molecule has 7 nitrogen and oxygen atoms in total. The lowest BCUT2D eigenvalue weighted by molar-refractivity contribution is -0.956. The van der Waals surface area contributed by atoms with E-state index in [2.05, 4.69) is 25.7 Å². The van der Waals surface area contributed by atoms with Crippen LogP contribution in [0.2, 0.25) is 0 Å². The van der Waals surface area contributed by atoms with Crippen molar-refractivity contribution in [2.24, 2.45) is 34.5 Å². The molecular formula is C34H57N2O5+. The van der Waals surface area contributed by atoms with Gasteiger partial charge in [0.25, 0.3) is 0 Å². The summed E-state index contributed by atoms with van der Waals surface area (Å²) in [6.07, 6.45) is 12.2. The minimum absolute atomic E-state index is 0.00805. The molecule has 232 valence electrons. The van der Waals surface area contributed by atoms with Gasteiger partial charge in [-0.25, -0.2) is 0 Å². The number of esters is 2. The summed E-state index contributed by atoms with van der Waals surface area (Å²) < 4.78 is 19.3. The molecule has 10 atom stereocenters. The Bertz CT molecular complexity index is 976. The van der Waals surface area contributed by atoms with Gasteiger partial charge in [-0.2, -0.15) is 0 Å². The van der Waals surface area contributed by atoms with Gasteiger partial charge < -0.3 is 18.7 Å². The number of likely N-dealkylation sites (N-methyl/N-ethyl adjacent to an activating group) is 1. The van der Waals surface area contributed by atoms with Crippen LogP contribution in [-0.4, -0.2) is 91.6 Å². The number of likely N-dealkylation sites (tertiary alicyclic amines) is 1. The van der Waals surface area contributed by atoms with E-state index in [0.29, 0.717) is 29.7 Å². The molecular weight excluding hydrogens is 516 g/mol. The zero-order valence-electron chi connectivity index (χ0n) is 26.6. The summed E-state index contributed by atoms with van der Waals surface area (Å²) in [5.41, 5.74) is 0.318. The van der Waals surface area contributed by atoms with Crippen molar-refractivity contribution in [3.05, 3.63) is 0 Å². The van der Waals surface area contributed by atoms with Gasteiger partial charge in [0.2, 0.25) is 0 Å². The van der Waals surface area contributed by atoms with Gasteiger partial charge in [-0.1, -0.05) is 13.8 Å². The van der Waals surface area contributed by atoms with E-state index in [4.69, 9.17) is 14.2 Å². The maximum absolute atomic E-state index is 12.6. The largest absolute Gasteiger partial charge is 0.461 e. The smallest absolute Gasteiger partial charge is 0.303 e. The highest BCUT2D eigenvalue weighted by Crippen LogP contribution is 2.67. The van der Waals surface area contributed by atoms with Crippen molar-refractivity contribution in [1.29, 1.82) is 0 Å². The third kappa shape index (κ3) is 5.08. The van der Waals surface area contributed by atoms with Crippen LogP contribution in [0, 0.1) is 34.5 Å². The Kier molecular flexibility index (Phi) is 8.30.